The van der Waals surface area contributed by atoms with Crippen LogP contribution < -0.4 is 9.46 Å². The number of rotatable bonds is 5. The molecule has 0 unspecified atom stereocenters. The minimum absolute atomic E-state index is 0.0228. The van der Waals surface area contributed by atoms with Crippen LogP contribution in [0.25, 0.3) is 16.8 Å². The zero-order chi connectivity index (χ0) is 22.1. The van der Waals surface area contributed by atoms with Gasteiger partial charge < -0.3 is 4.74 Å². The molecule has 1 heterocycles. The van der Waals surface area contributed by atoms with Gasteiger partial charge in [0, 0.05) is 12.5 Å². The molecule has 0 saturated carbocycles. The molecule has 0 fully saturated rings. The van der Waals surface area contributed by atoms with Gasteiger partial charge in [-0.1, -0.05) is 18.2 Å². The van der Waals surface area contributed by atoms with E-state index in [2.05, 4.69) is 10.1 Å². The molecule has 1 aromatic heterocycles. The lowest BCUT2D eigenvalue weighted by molar-refractivity contribution is -0.144. The highest BCUT2D eigenvalue weighted by Crippen LogP contribution is 2.32. The number of halogens is 3. The van der Waals surface area contributed by atoms with E-state index >= 15 is 0 Å². The van der Waals surface area contributed by atoms with Crippen LogP contribution in [0.15, 0.2) is 53.7 Å². The van der Waals surface area contributed by atoms with E-state index < -0.39 is 27.9 Å². The van der Waals surface area contributed by atoms with Crippen molar-refractivity contribution in [2.24, 2.45) is 0 Å². The Morgan fingerprint density at radius 1 is 1.13 bits per heavy atom. The summed E-state index contributed by atoms with van der Waals surface area (Å²) in [5.41, 5.74) is 0.978. The molecule has 158 valence electrons. The van der Waals surface area contributed by atoms with Crippen LogP contribution in [0.2, 0.25) is 0 Å². The number of nitrogens with zero attached hydrogens (tertiary/aromatic N) is 3. The lowest BCUT2D eigenvalue weighted by Crippen LogP contribution is -2.28. The number of carbonyl (C=O) groups excluding carboxylic acids is 1. The molecule has 0 radical (unpaired) electrons. The molecule has 8 nitrogen and oxygen atoms in total. The van der Waals surface area contributed by atoms with Crippen molar-refractivity contribution >= 4 is 15.9 Å². The summed E-state index contributed by atoms with van der Waals surface area (Å²) in [6.07, 6.45) is -3.94. The number of carbonyl (C=O) groups is 1. The summed E-state index contributed by atoms with van der Waals surface area (Å²) in [7, 11) is -2.74. The van der Waals surface area contributed by atoms with E-state index in [0.717, 1.165) is 24.0 Å². The van der Waals surface area contributed by atoms with E-state index in [1.165, 1.54) is 19.2 Å². The number of benzene rings is 2. The molecule has 2 aromatic carbocycles. The SMILES string of the molecule is COc1ccc(-c2ccc(S(=O)(=O)NC(C)=O)cc2-n2cnc(C(F)(F)F)n2)cc1. The van der Waals surface area contributed by atoms with E-state index in [0.29, 0.717) is 16.9 Å². The third-order valence-corrected chi connectivity index (χ3v) is 5.38. The van der Waals surface area contributed by atoms with Gasteiger partial charge >= 0.3 is 6.18 Å². The average molecular weight is 440 g/mol. The molecule has 1 amide bonds. The summed E-state index contributed by atoms with van der Waals surface area (Å²) in [6.45, 7) is 1.03. The molecule has 1 N–H and O–H groups in total. The average Bonchev–Trinajstić information content (AvgIpc) is 3.17. The summed E-state index contributed by atoms with van der Waals surface area (Å²) in [5.74, 6) is -1.63. The van der Waals surface area contributed by atoms with Crippen molar-refractivity contribution in [3.05, 3.63) is 54.6 Å². The number of hydrogen-bond acceptors (Lipinski definition) is 6. The van der Waals surface area contributed by atoms with Crippen molar-refractivity contribution in [1.82, 2.24) is 19.5 Å². The fraction of sp³-hybridized carbons (Fsp3) is 0.167. The molecule has 0 atom stereocenters. The quantitative estimate of drug-likeness (QED) is 0.655. The Hall–Kier alpha value is -3.41. The number of ether oxygens (including phenoxy) is 1. The van der Waals surface area contributed by atoms with Crippen LogP contribution in [0.1, 0.15) is 12.7 Å². The van der Waals surface area contributed by atoms with E-state index in [9.17, 15) is 26.4 Å². The Morgan fingerprint density at radius 3 is 2.33 bits per heavy atom. The standard InChI is InChI=1S/C18H15F3N4O4S/c1-11(26)24-30(27,28)14-7-8-15(12-3-5-13(29-2)6-4-12)16(9-14)25-10-22-17(23-25)18(19,20)21/h3-10H,1-2H3,(H,24,26). The zero-order valence-corrected chi connectivity index (χ0v) is 16.5. The van der Waals surface area contributed by atoms with Gasteiger partial charge in [0.2, 0.25) is 5.91 Å². The predicted octanol–water partition coefficient (Wildman–Crippen LogP) is 2.79. The van der Waals surface area contributed by atoms with E-state index in [1.807, 2.05) is 4.72 Å². The third-order valence-electron chi connectivity index (χ3n) is 3.95. The lowest BCUT2D eigenvalue weighted by atomic mass is 10.0. The molecule has 12 heteroatoms. The predicted molar refractivity (Wildman–Crippen MR) is 99.4 cm³/mol. The van der Waals surface area contributed by atoms with Gasteiger partial charge in [-0.2, -0.15) is 13.2 Å². The van der Waals surface area contributed by atoms with Gasteiger partial charge in [-0.3, -0.25) is 4.79 Å². The molecule has 0 bridgehead atoms. The number of nitrogens with one attached hydrogen (secondary N) is 1. The first-order valence-electron chi connectivity index (χ1n) is 8.32. The van der Waals surface area contributed by atoms with Gasteiger partial charge in [-0.25, -0.2) is 22.8 Å². The van der Waals surface area contributed by atoms with Crippen LogP contribution in [-0.2, 0) is 21.0 Å². The third kappa shape index (κ3) is 4.43. The van der Waals surface area contributed by atoms with Gasteiger partial charge in [0.25, 0.3) is 15.8 Å². The molecule has 3 rings (SSSR count). The second kappa shape index (κ2) is 7.78. The second-order valence-corrected chi connectivity index (χ2v) is 7.76. The van der Waals surface area contributed by atoms with Gasteiger partial charge in [-0.15, -0.1) is 5.10 Å². The van der Waals surface area contributed by atoms with Crippen LogP contribution in [0.3, 0.4) is 0 Å². The topological polar surface area (TPSA) is 103 Å². The largest absolute Gasteiger partial charge is 0.497 e. The minimum atomic E-state index is -4.77. The Bertz CT molecular complexity index is 1190. The van der Waals surface area contributed by atoms with Gasteiger partial charge in [-0.05, 0) is 29.8 Å². The first-order chi connectivity index (χ1) is 14.0. The molecular weight excluding hydrogens is 425 g/mol. The summed E-state index contributed by atoms with van der Waals surface area (Å²) in [4.78, 5) is 14.1. The van der Waals surface area contributed by atoms with Crippen LogP contribution >= 0.6 is 0 Å². The number of methoxy groups -OCH3 is 1. The van der Waals surface area contributed by atoms with Crippen LogP contribution in [0.5, 0.6) is 5.75 Å². The summed E-state index contributed by atoms with van der Waals surface area (Å²) in [6, 6.07) is 10.3. The lowest BCUT2D eigenvalue weighted by Gasteiger charge is -2.13. The molecule has 0 aliphatic heterocycles. The van der Waals surface area contributed by atoms with E-state index in [-0.39, 0.29) is 10.6 Å². The summed E-state index contributed by atoms with van der Waals surface area (Å²) in [5, 5.41) is 3.43. The van der Waals surface area contributed by atoms with Crippen molar-refractivity contribution in [2.75, 3.05) is 7.11 Å². The van der Waals surface area contributed by atoms with Crippen molar-refractivity contribution in [1.29, 1.82) is 0 Å². The maximum Gasteiger partial charge on any atom is 0.453 e. The molecule has 3 aromatic rings. The maximum atomic E-state index is 12.9. The highest BCUT2D eigenvalue weighted by Gasteiger charge is 2.36. The fourth-order valence-electron chi connectivity index (χ4n) is 2.64. The highest BCUT2D eigenvalue weighted by molar-refractivity contribution is 7.90. The fourth-order valence-corrected chi connectivity index (χ4v) is 3.65. The van der Waals surface area contributed by atoms with Gasteiger partial charge in [0.15, 0.2) is 0 Å². The Kier molecular flexibility index (Phi) is 5.53. The first-order valence-corrected chi connectivity index (χ1v) is 9.80. The smallest absolute Gasteiger partial charge is 0.453 e. The molecule has 0 spiro atoms. The molecule has 0 aliphatic carbocycles. The summed E-state index contributed by atoms with van der Waals surface area (Å²) >= 11 is 0. The normalized spacial score (nSPS) is 11.9. The molecule has 0 saturated heterocycles. The van der Waals surface area contributed by atoms with Crippen molar-refractivity contribution in [3.63, 3.8) is 0 Å². The van der Waals surface area contributed by atoms with Crippen LogP contribution in [0.4, 0.5) is 13.2 Å². The number of amides is 1. The van der Waals surface area contributed by atoms with Crippen LogP contribution in [-0.4, -0.2) is 36.2 Å². The van der Waals surface area contributed by atoms with Gasteiger partial charge in [0.1, 0.15) is 12.1 Å². The second-order valence-electron chi connectivity index (χ2n) is 6.08. The van der Waals surface area contributed by atoms with Crippen LogP contribution in [0, 0.1) is 0 Å². The summed E-state index contributed by atoms with van der Waals surface area (Å²) < 4.78 is 71.2. The monoisotopic (exact) mass is 440 g/mol. The molecule has 0 aliphatic rings. The van der Waals surface area contributed by atoms with E-state index in [1.54, 1.807) is 24.3 Å². The number of sulfonamides is 1. The Morgan fingerprint density at radius 2 is 1.80 bits per heavy atom. The van der Waals surface area contributed by atoms with E-state index in [4.69, 9.17) is 4.74 Å². The Labute approximate surface area is 169 Å². The molecular formula is C18H15F3N4O4S. The zero-order valence-electron chi connectivity index (χ0n) is 15.6. The van der Waals surface area contributed by atoms with Crippen molar-refractivity contribution < 1.29 is 31.1 Å². The first kappa shape index (κ1) is 21.3. The maximum absolute atomic E-state index is 12.9. The molecule has 30 heavy (non-hydrogen) atoms. The number of alkyl halides is 3. The number of aromatic nitrogens is 3. The number of hydrogen-bond donors (Lipinski definition) is 1. The highest BCUT2D eigenvalue weighted by atomic mass is 32.2. The minimum Gasteiger partial charge on any atom is -0.497 e. The van der Waals surface area contributed by atoms with Crippen molar-refractivity contribution in [3.8, 4) is 22.6 Å². The Balaban J connectivity index is 2.19. The van der Waals surface area contributed by atoms with Crippen molar-refractivity contribution in [2.45, 2.75) is 18.0 Å². The van der Waals surface area contributed by atoms with Gasteiger partial charge in [0.05, 0.1) is 17.7 Å².